The molecule has 0 aromatic heterocycles. The van der Waals surface area contributed by atoms with Gasteiger partial charge in [-0.15, -0.1) is 0 Å². The highest BCUT2D eigenvalue weighted by molar-refractivity contribution is 7.84. The molecule has 0 saturated carbocycles. The Labute approximate surface area is 54.7 Å². The lowest BCUT2D eigenvalue weighted by Crippen LogP contribution is -2.26. The number of likely N-dealkylation sites (N-methyl/N-ethyl adjacent to an activating group) is 1. The lowest BCUT2D eigenvalue weighted by Gasteiger charge is -2.07. The Bertz CT molecular complexity index is 198. The normalized spacial score (nSPS) is 35.1. The van der Waals surface area contributed by atoms with Gasteiger partial charge in [0.1, 0.15) is 0 Å². The fraction of sp³-hybridized carbons (Fsp3) is 1.00. The molecule has 0 aromatic carbocycles. The molecule has 5 heteroatoms. The molecule has 1 saturated heterocycles. The maximum absolute atomic E-state index is 10.7. The maximum Gasteiger partial charge on any atom is 0.338 e. The highest BCUT2D eigenvalue weighted by atomic mass is 32.2. The molecule has 54 valence electrons. The van der Waals surface area contributed by atoms with E-state index < -0.39 is 10.3 Å². The van der Waals surface area contributed by atoms with E-state index in [1.807, 2.05) is 0 Å². The van der Waals surface area contributed by atoms with Crippen molar-refractivity contribution < 1.29 is 12.6 Å². The Hall–Kier alpha value is -0.130. The second kappa shape index (κ2) is 1.93. The van der Waals surface area contributed by atoms with Crippen LogP contribution in [-0.2, 0) is 14.5 Å². The molecule has 0 unspecified atom stereocenters. The fourth-order valence-corrected chi connectivity index (χ4v) is 1.63. The van der Waals surface area contributed by atoms with Crippen LogP contribution in [0, 0.1) is 0 Å². The summed E-state index contributed by atoms with van der Waals surface area (Å²) < 4.78 is 27.0. The third-order valence-electron chi connectivity index (χ3n) is 1.43. The second-order valence-electron chi connectivity index (χ2n) is 2.11. The minimum atomic E-state index is -3.34. The molecule has 0 radical (unpaired) electrons. The molecule has 0 bridgehead atoms. The summed E-state index contributed by atoms with van der Waals surface area (Å²) in [5.74, 6) is 0. The van der Waals surface area contributed by atoms with Crippen molar-refractivity contribution in [3.8, 4) is 0 Å². The third kappa shape index (κ3) is 1.08. The van der Waals surface area contributed by atoms with E-state index in [9.17, 15) is 8.42 Å². The molecule has 0 aromatic rings. The first-order valence-electron chi connectivity index (χ1n) is 2.66. The smallest absolute Gasteiger partial charge is 0.256 e. The van der Waals surface area contributed by atoms with Crippen molar-refractivity contribution in [2.75, 3.05) is 13.7 Å². The molecule has 1 heterocycles. The minimum Gasteiger partial charge on any atom is -0.256 e. The zero-order chi connectivity index (χ0) is 7.07. The van der Waals surface area contributed by atoms with Gasteiger partial charge in [0.15, 0.2) is 0 Å². The molecule has 1 atom stereocenters. The zero-order valence-electron chi connectivity index (χ0n) is 5.36. The van der Waals surface area contributed by atoms with Crippen LogP contribution in [0.3, 0.4) is 0 Å². The van der Waals surface area contributed by atoms with Crippen molar-refractivity contribution >= 4 is 10.3 Å². The summed E-state index contributed by atoms with van der Waals surface area (Å²) in [5.41, 5.74) is 0. The summed E-state index contributed by atoms with van der Waals surface area (Å²) >= 11 is 0. The molecule has 9 heavy (non-hydrogen) atoms. The van der Waals surface area contributed by atoms with Crippen molar-refractivity contribution in [1.29, 1.82) is 0 Å². The van der Waals surface area contributed by atoms with Crippen LogP contribution >= 0.6 is 0 Å². The highest BCUT2D eigenvalue weighted by Gasteiger charge is 2.31. The number of nitrogens with zero attached hydrogens (tertiary/aromatic N) is 1. The summed E-state index contributed by atoms with van der Waals surface area (Å²) in [7, 11) is -1.83. The maximum atomic E-state index is 10.7. The molecule has 1 rings (SSSR count). The van der Waals surface area contributed by atoms with E-state index >= 15 is 0 Å². The van der Waals surface area contributed by atoms with Crippen LogP contribution in [0.5, 0.6) is 0 Å². The molecule has 4 nitrogen and oxygen atoms in total. The van der Waals surface area contributed by atoms with Crippen LogP contribution in [0.15, 0.2) is 0 Å². The Morgan fingerprint density at radius 3 is 2.33 bits per heavy atom. The Balaban J connectivity index is 2.87. The van der Waals surface area contributed by atoms with Crippen LogP contribution in [0.2, 0.25) is 0 Å². The number of hydrogen-bond acceptors (Lipinski definition) is 3. The average Bonchev–Trinajstić information content (AvgIpc) is 1.97. The summed E-state index contributed by atoms with van der Waals surface area (Å²) in [6.45, 7) is 2.07. The van der Waals surface area contributed by atoms with Gasteiger partial charge in [0.25, 0.3) is 0 Å². The average molecular weight is 151 g/mol. The SMILES string of the molecule is C[C@@H]1COS(=O)(=O)N1C. The van der Waals surface area contributed by atoms with Gasteiger partial charge in [-0.2, -0.15) is 12.7 Å². The first kappa shape index (κ1) is 6.98. The predicted octanol–water partition coefficient (Wildman–Crippen LogP) is -0.418. The Kier molecular flexibility index (Phi) is 1.50. The molecular formula is C4H9NO3S. The van der Waals surface area contributed by atoms with Gasteiger partial charge < -0.3 is 0 Å². The fourth-order valence-electron chi connectivity index (χ4n) is 0.593. The van der Waals surface area contributed by atoms with Crippen LogP contribution < -0.4 is 0 Å². The van der Waals surface area contributed by atoms with Crippen molar-refractivity contribution in [1.82, 2.24) is 4.31 Å². The minimum absolute atomic E-state index is 0.0185. The van der Waals surface area contributed by atoms with Gasteiger partial charge >= 0.3 is 10.3 Å². The van der Waals surface area contributed by atoms with Crippen molar-refractivity contribution in [2.24, 2.45) is 0 Å². The van der Waals surface area contributed by atoms with Gasteiger partial charge in [-0.25, -0.2) is 0 Å². The Morgan fingerprint density at radius 1 is 1.67 bits per heavy atom. The van der Waals surface area contributed by atoms with E-state index in [4.69, 9.17) is 0 Å². The van der Waals surface area contributed by atoms with Crippen LogP contribution in [0.4, 0.5) is 0 Å². The summed E-state index contributed by atoms with van der Waals surface area (Å²) in [6, 6.07) is -0.0185. The van der Waals surface area contributed by atoms with E-state index in [1.54, 1.807) is 6.92 Å². The van der Waals surface area contributed by atoms with Gasteiger partial charge in [-0.3, -0.25) is 4.18 Å². The molecule has 0 aliphatic carbocycles. The molecular weight excluding hydrogens is 142 g/mol. The molecule has 1 fully saturated rings. The molecule has 0 amide bonds. The lowest BCUT2D eigenvalue weighted by molar-refractivity contribution is 0.334. The monoisotopic (exact) mass is 151 g/mol. The van der Waals surface area contributed by atoms with Crippen molar-refractivity contribution in [2.45, 2.75) is 13.0 Å². The van der Waals surface area contributed by atoms with E-state index in [-0.39, 0.29) is 12.6 Å². The van der Waals surface area contributed by atoms with Gasteiger partial charge in [0.2, 0.25) is 0 Å². The van der Waals surface area contributed by atoms with E-state index in [0.717, 1.165) is 0 Å². The van der Waals surface area contributed by atoms with E-state index in [0.29, 0.717) is 0 Å². The second-order valence-corrected chi connectivity index (χ2v) is 3.77. The Morgan fingerprint density at radius 2 is 2.22 bits per heavy atom. The van der Waals surface area contributed by atoms with Gasteiger partial charge in [-0.05, 0) is 6.92 Å². The van der Waals surface area contributed by atoms with Crippen LogP contribution in [0.25, 0.3) is 0 Å². The van der Waals surface area contributed by atoms with E-state index in [1.165, 1.54) is 11.4 Å². The van der Waals surface area contributed by atoms with Crippen LogP contribution in [0.1, 0.15) is 6.92 Å². The number of rotatable bonds is 0. The summed E-state index contributed by atoms with van der Waals surface area (Å²) in [5, 5.41) is 0. The number of hydrogen-bond donors (Lipinski definition) is 0. The standard InChI is InChI=1S/C4H9NO3S/c1-4-3-8-9(6,7)5(4)2/h4H,3H2,1-2H3/t4-/m1/s1. The lowest BCUT2D eigenvalue weighted by atomic mass is 10.4. The first-order valence-corrected chi connectivity index (χ1v) is 4.03. The van der Waals surface area contributed by atoms with Crippen molar-refractivity contribution in [3.05, 3.63) is 0 Å². The molecule has 0 N–H and O–H groups in total. The third-order valence-corrected chi connectivity index (χ3v) is 2.93. The quantitative estimate of drug-likeness (QED) is 0.472. The largest absolute Gasteiger partial charge is 0.338 e. The van der Waals surface area contributed by atoms with Gasteiger partial charge in [0, 0.05) is 13.1 Å². The highest BCUT2D eigenvalue weighted by Crippen LogP contribution is 2.14. The predicted molar refractivity (Wildman–Crippen MR) is 32.1 cm³/mol. The summed E-state index contributed by atoms with van der Waals surface area (Å²) in [4.78, 5) is 0. The first-order chi connectivity index (χ1) is 4.04. The molecule has 1 aliphatic rings. The van der Waals surface area contributed by atoms with Gasteiger partial charge in [0.05, 0.1) is 6.61 Å². The zero-order valence-corrected chi connectivity index (χ0v) is 6.18. The summed E-state index contributed by atoms with van der Waals surface area (Å²) in [6.07, 6.45) is 0. The van der Waals surface area contributed by atoms with E-state index in [2.05, 4.69) is 4.18 Å². The topological polar surface area (TPSA) is 46.6 Å². The van der Waals surface area contributed by atoms with Crippen molar-refractivity contribution in [3.63, 3.8) is 0 Å². The van der Waals surface area contributed by atoms with Gasteiger partial charge in [-0.1, -0.05) is 0 Å². The van der Waals surface area contributed by atoms with Crippen LogP contribution in [-0.4, -0.2) is 32.4 Å². The molecule has 1 aliphatic heterocycles. The molecule has 0 spiro atoms.